The molecule has 0 aliphatic rings. The predicted octanol–water partition coefficient (Wildman–Crippen LogP) is -8.61. The van der Waals surface area contributed by atoms with Gasteiger partial charge in [0.25, 0.3) is 0 Å². The number of hydrogen-bond donors (Lipinski definition) is 0. The third kappa shape index (κ3) is 14100. The third-order valence-corrected chi connectivity index (χ3v) is 0. The van der Waals surface area contributed by atoms with Gasteiger partial charge in [-0.3, -0.25) is 0 Å². The maximum atomic E-state index is 0. The van der Waals surface area contributed by atoms with Crippen molar-refractivity contribution in [2.45, 2.75) is 0 Å². The third-order valence-electron chi connectivity index (χ3n) is 0. The summed E-state index contributed by atoms with van der Waals surface area (Å²) in [5.74, 6) is 0. The summed E-state index contributed by atoms with van der Waals surface area (Å²) in [6.07, 6.45) is 0. The molecule has 0 rings (SSSR count). The number of rotatable bonds is 0. The van der Waals surface area contributed by atoms with Crippen LogP contribution in [-0.2, 0) is 0 Å². The zero-order valence-corrected chi connectivity index (χ0v) is 4.50. The van der Waals surface area contributed by atoms with E-state index in [0.717, 1.165) is 0 Å². The molecule has 0 radical (unpaired) electrons. The quantitative estimate of drug-likeness (QED) is 0.322. The monoisotopic (exact) mass is 192 g/mol. The molecule has 0 spiro atoms. The Morgan fingerprint density at radius 1 is 0.200 bits per heavy atom. The van der Waals surface area contributed by atoms with Gasteiger partial charge in [-0.05, 0) is 0 Å². The summed E-state index contributed by atoms with van der Waals surface area (Å²) in [7, 11) is 0. The van der Waals surface area contributed by atoms with Gasteiger partial charge in [0.2, 0.25) is 0 Å². The van der Waals surface area contributed by atoms with Crippen LogP contribution in [0.5, 0.6) is 0 Å². The molecule has 0 saturated heterocycles. The minimum Gasteiger partial charge on any atom is -0.412 e. The van der Waals surface area contributed by atoms with E-state index in [-0.39, 0.29) is 66.6 Å². The lowest BCUT2D eigenvalue weighted by Crippen LogP contribution is -0.381. The summed E-state index contributed by atoms with van der Waals surface area (Å²) in [6, 6.07) is 0. The van der Waals surface area contributed by atoms with Gasteiger partial charge in [0.15, 0.2) is 17.4 Å². The molecular weight excluding hydrogens is 171 g/mol. The first-order chi connectivity index (χ1) is 0. The minimum absolute atomic E-state index is 0. The van der Waals surface area contributed by atoms with Crippen molar-refractivity contribution in [2.75, 3.05) is 0 Å². The summed E-state index contributed by atoms with van der Waals surface area (Å²) in [4.78, 5) is 0. The fourth-order valence-corrected chi connectivity index (χ4v) is 0. The van der Waals surface area contributed by atoms with Gasteiger partial charge in [-0.25, -0.2) is 0 Å². The van der Waals surface area contributed by atoms with Crippen LogP contribution in [0.25, 0.3) is 0 Å². The van der Waals surface area contributed by atoms with Gasteiger partial charge in [-0.2, -0.15) is 0 Å². The fourth-order valence-electron chi connectivity index (χ4n) is 0. The van der Waals surface area contributed by atoms with Crippen molar-refractivity contribution in [2.24, 2.45) is 0 Å². The Morgan fingerprint density at radius 3 is 0.200 bits per heavy atom. The Labute approximate surface area is 67.6 Å². The molecule has 0 heterocycles. The van der Waals surface area contributed by atoms with Crippen molar-refractivity contribution in [3.63, 3.8) is 0 Å². The summed E-state index contributed by atoms with van der Waals surface area (Å²) in [6.45, 7) is 0. The molecule has 18 N–H and O–H groups in total. The van der Waals surface area contributed by atoms with Gasteiger partial charge in [-0.1, -0.05) is 0 Å². The summed E-state index contributed by atoms with van der Waals surface area (Å²) in [5, 5.41) is 0. The molecule has 0 fully saturated rings. The Bertz CT molecular complexity index is 4.69. The zero-order valence-electron chi connectivity index (χ0n) is 4.50. The molecule has 0 bridgehead atoms. The Kier molecular flexibility index (Phi) is 59300000. The van der Waals surface area contributed by atoms with Gasteiger partial charge in [-0.15, -0.1) is 0 Å². The zero-order chi connectivity index (χ0) is 0. The number of hydrogen-bond acceptors (Lipinski definition) is 0. The molecule has 0 unspecified atom stereocenters. The molecule has 0 saturated carbocycles. The highest BCUT2D eigenvalue weighted by Gasteiger charge is 0.187. The maximum Gasteiger partial charge on any atom is 0.187 e. The van der Waals surface area contributed by atoms with Crippen LogP contribution in [0, 0.1) is 0 Å². The lowest BCUT2D eigenvalue weighted by molar-refractivity contribution is 0.823. The van der Waals surface area contributed by atoms with Gasteiger partial charge < -0.3 is 49.3 Å². The highest BCUT2D eigenvalue weighted by atomic mass is 27.0. The summed E-state index contributed by atoms with van der Waals surface area (Å²) < 4.78 is 0. The van der Waals surface area contributed by atoms with Crippen molar-refractivity contribution >= 4 is 17.4 Å². The smallest absolute Gasteiger partial charge is 0.187 e. The second kappa shape index (κ2) is 20600. The SMILES string of the molecule is O.O.O.O.O.O.O.O.O.[AlH3]. The van der Waals surface area contributed by atoms with Crippen LogP contribution in [-0.4, -0.2) is 66.6 Å². The van der Waals surface area contributed by atoms with Crippen LogP contribution in [0.1, 0.15) is 0 Å². The van der Waals surface area contributed by atoms with Gasteiger partial charge in [0.05, 0.1) is 0 Å². The van der Waals surface area contributed by atoms with Crippen LogP contribution in [0.2, 0.25) is 0 Å². The first-order valence-corrected chi connectivity index (χ1v) is 0. The molecule has 9 nitrogen and oxygen atoms in total. The van der Waals surface area contributed by atoms with Crippen molar-refractivity contribution in [3.8, 4) is 0 Å². The molecule has 0 aliphatic heterocycles. The molecule has 0 aromatic heterocycles. The minimum atomic E-state index is 0. The standard InChI is InChI=1S/Al.9H2O.3H/h;9*1H2;;;. The summed E-state index contributed by atoms with van der Waals surface area (Å²) in [5.41, 5.74) is 0. The maximum absolute atomic E-state index is 0. The lowest BCUT2D eigenvalue weighted by Gasteiger charge is -0.413. The van der Waals surface area contributed by atoms with E-state index >= 15 is 0 Å². The van der Waals surface area contributed by atoms with Gasteiger partial charge >= 0.3 is 0 Å². The average Bonchev–Trinajstić information content (AvgIpc) is 0. The van der Waals surface area contributed by atoms with E-state index in [1.54, 1.807) is 0 Å². The van der Waals surface area contributed by atoms with Crippen LogP contribution in [0.3, 0.4) is 0 Å². The lowest BCUT2D eigenvalue weighted by atomic mass is 16.0. The molecule has 10 heavy (non-hydrogen) atoms. The van der Waals surface area contributed by atoms with Crippen molar-refractivity contribution < 1.29 is 49.3 Å². The first-order valence-electron chi connectivity index (χ1n) is 0. The molecule has 0 aromatic carbocycles. The van der Waals surface area contributed by atoms with E-state index in [2.05, 4.69) is 0 Å². The molecule has 0 amide bonds. The van der Waals surface area contributed by atoms with Gasteiger partial charge in [0, 0.05) is 0 Å². The molecule has 78 valence electrons. The molecule has 0 aromatic rings. The van der Waals surface area contributed by atoms with E-state index in [0.29, 0.717) is 0 Å². The Balaban J connectivity index is 0. The normalized spacial score (nSPS) is 0. The largest absolute Gasteiger partial charge is 0.412 e. The molecular formula is H21AlO9. The highest BCUT2D eigenvalue weighted by Crippen LogP contribution is -0.281. The van der Waals surface area contributed by atoms with E-state index in [1.807, 2.05) is 0 Å². The molecule has 0 atom stereocenters. The second-order valence-corrected chi connectivity index (χ2v) is 0. The van der Waals surface area contributed by atoms with Gasteiger partial charge in [0.1, 0.15) is 0 Å². The molecule has 10 heteroatoms. The van der Waals surface area contributed by atoms with Crippen LogP contribution < -0.4 is 0 Å². The average molecular weight is 192 g/mol. The van der Waals surface area contributed by atoms with Crippen molar-refractivity contribution in [3.05, 3.63) is 0 Å². The first kappa shape index (κ1) is 28800. The Morgan fingerprint density at radius 2 is 0.200 bits per heavy atom. The van der Waals surface area contributed by atoms with Crippen LogP contribution >= 0.6 is 0 Å². The Hall–Kier alpha value is 0.172. The van der Waals surface area contributed by atoms with Crippen molar-refractivity contribution in [1.82, 2.24) is 0 Å². The van der Waals surface area contributed by atoms with E-state index in [1.165, 1.54) is 0 Å². The second-order valence-electron chi connectivity index (χ2n) is 0. The fraction of sp³-hybridized carbons (Fsp3) is 0. The van der Waals surface area contributed by atoms with Crippen molar-refractivity contribution in [1.29, 1.82) is 0 Å². The van der Waals surface area contributed by atoms with E-state index in [4.69, 9.17) is 0 Å². The van der Waals surface area contributed by atoms with E-state index < -0.39 is 0 Å². The topological polar surface area (TPSA) is 284 Å². The predicted molar refractivity (Wildman–Crippen MR) is 42.5 cm³/mol. The van der Waals surface area contributed by atoms with Crippen LogP contribution in [0.15, 0.2) is 0 Å². The van der Waals surface area contributed by atoms with E-state index in [9.17, 15) is 0 Å². The molecule has 0 aliphatic carbocycles. The summed E-state index contributed by atoms with van der Waals surface area (Å²) >= 11 is 0. The van der Waals surface area contributed by atoms with Crippen LogP contribution in [0.4, 0.5) is 0 Å². The highest BCUT2D eigenvalue weighted by molar-refractivity contribution is 5.75.